The first kappa shape index (κ1) is 10.6. The molecule has 4 nitrogen and oxygen atoms in total. The lowest BCUT2D eigenvalue weighted by Gasteiger charge is -2.03. The third kappa shape index (κ3) is 4.10. The Kier molecular flexibility index (Phi) is 3.68. The summed E-state index contributed by atoms with van der Waals surface area (Å²) in [7, 11) is -2.07. The fraction of sp³-hybridized carbons (Fsp3) is 0.833. The summed E-state index contributed by atoms with van der Waals surface area (Å²) in [5, 5.41) is 0. The largest absolute Gasteiger partial charge is 0.298 e. The van der Waals surface area contributed by atoms with Crippen molar-refractivity contribution in [1.82, 2.24) is 4.72 Å². The summed E-state index contributed by atoms with van der Waals surface area (Å²) in [5.41, 5.74) is 0. The van der Waals surface area contributed by atoms with E-state index in [1.54, 1.807) is 13.8 Å². The van der Waals surface area contributed by atoms with Crippen LogP contribution in [-0.4, -0.2) is 27.0 Å². The molecule has 5 heteroatoms. The van der Waals surface area contributed by atoms with Crippen LogP contribution in [0.1, 0.15) is 13.8 Å². The maximum Gasteiger partial charge on any atom is 0.218 e. The SMILES string of the molecule is CNS(=O)(=O)CC(=O)C(C)C. The Morgan fingerprint density at radius 2 is 1.91 bits per heavy atom. The van der Waals surface area contributed by atoms with Crippen LogP contribution in [0.15, 0.2) is 0 Å². The van der Waals surface area contributed by atoms with E-state index in [2.05, 4.69) is 4.72 Å². The van der Waals surface area contributed by atoms with Gasteiger partial charge in [-0.25, -0.2) is 13.1 Å². The topological polar surface area (TPSA) is 63.2 Å². The molecule has 0 aliphatic carbocycles. The van der Waals surface area contributed by atoms with Gasteiger partial charge < -0.3 is 0 Å². The number of nitrogens with one attached hydrogen (secondary N) is 1. The van der Waals surface area contributed by atoms with Gasteiger partial charge in [0.15, 0.2) is 5.78 Å². The van der Waals surface area contributed by atoms with Gasteiger partial charge in [-0.15, -0.1) is 0 Å². The lowest BCUT2D eigenvalue weighted by atomic mass is 10.1. The van der Waals surface area contributed by atoms with Gasteiger partial charge in [-0.1, -0.05) is 13.8 Å². The number of sulfonamides is 1. The number of rotatable bonds is 4. The Morgan fingerprint density at radius 1 is 1.45 bits per heavy atom. The first-order valence-corrected chi connectivity index (χ1v) is 4.98. The van der Waals surface area contributed by atoms with Crippen molar-refractivity contribution in [3.63, 3.8) is 0 Å². The van der Waals surface area contributed by atoms with Crippen molar-refractivity contribution >= 4 is 15.8 Å². The van der Waals surface area contributed by atoms with Crippen LogP contribution >= 0.6 is 0 Å². The summed E-state index contributed by atoms with van der Waals surface area (Å²) in [6.07, 6.45) is 0. The fourth-order valence-electron chi connectivity index (χ4n) is 0.426. The highest BCUT2D eigenvalue weighted by atomic mass is 32.2. The van der Waals surface area contributed by atoms with Gasteiger partial charge in [0.2, 0.25) is 10.0 Å². The summed E-state index contributed by atoms with van der Waals surface area (Å²) in [4.78, 5) is 10.9. The molecular formula is C6H13NO3S. The zero-order valence-corrected chi connectivity index (χ0v) is 7.73. The van der Waals surface area contributed by atoms with Crippen LogP contribution in [0, 0.1) is 5.92 Å². The summed E-state index contributed by atoms with van der Waals surface area (Å²) < 4.78 is 23.6. The first-order chi connectivity index (χ1) is 4.89. The minimum absolute atomic E-state index is 0.224. The second-order valence-electron chi connectivity index (χ2n) is 2.58. The molecule has 0 aromatic rings. The van der Waals surface area contributed by atoms with E-state index in [0.717, 1.165) is 0 Å². The van der Waals surface area contributed by atoms with E-state index in [0.29, 0.717) is 0 Å². The van der Waals surface area contributed by atoms with Crippen LogP contribution in [-0.2, 0) is 14.8 Å². The molecule has 0 radical (unpaired) electrons. The van der Waals surface area contributed by atoms with E-state index in [-0.39, 0.29) is 11.7 Å². The smallest absolute Gasteiger partial charge is 0.218 e. The molecule has 0 unspecified atom stereocenters. The van der Waals surface area contributed by atoms with Crippen molar-refractivity contribution in [2.24, 2.45) is 5.92 Å². The number of carbonyl (C=O) groups is 1. The quantitative estimate of drug-likeness (QED) is 0.648. The maximum atomic E-state index is 10.9. The van der Waals surface area contributed by atoms with Gasteiger partial charge in [-0.2, -0.15) is 0 Å². The summed E-state index contributed by atoms with van der Waals surface area (Å²) >= 11 is 0. The number of hydrogen-bond donors (Lipinski definition) is 1. The van der Waals surface area contributed by atoms with Crippen molar-refractivity contribution in [3.05, 3.63) is 0 Å². The molecule has 0 saturated heterocycles. The number of ketones is 1. The Labute approximate surface area is 67.0 Å². The molecule has 0 atom stereocenters. The molecule has 0 saturated carbocycles. The monoisotopic (exact) mass is 179 g/mol. The van der Waals surface area contributed by atoms with E-state index < -0.39 is 15.8 Å². The normalized spacial score (nSPS) is 12.0. The maximum absolute atomic E-state index is 10.9. The van der Waals surface area contributed by atoms with E-state index in [4.69, 9.17) is 0 Å². The highest BCUT2D eigenvalue weighted by Crippen LogP contribution is 1.96. The van der Waals surface area contributed by atoms with E-state index in [9.17, 15) is 13.2 Å². The van der Waals surface area contributed by atoms with Gasteiger partial charge in [0.25, 0.3) is 0 Å². The molecule has 0 aliphatic heterocycles. The van der Waals surface area contributed by atoms with Crippen LogP contribution in [0.3, 0.4) is 0 Å². The van der Waals surface area contributed by atoms with E-state index >= 15 is 0 Å². The first-order valence-electron chi connectivity index (χ1n) is 3.33. The van der Waals surface area contributed by atoms with Crippen LogP contribution in [0.25, 0.3) is 0 Å². The molecule has 1 N–H and O–H groups in total. The van der Waals surface area contributed by atoms with E-state index in [1.165, 1.54) is 7.05 Å². The van der Waals surface area contributed by atoms with Crippen molar-refractivity contribution in [1.29, 1.82) is 0 Å². The third-order valence-electron chi connectivity index (χ3n) is 1.29. The number of carbonyl (C=O) groups excluding carboxylic acids is 1. The molecule has 0 heterocycles. The molecule has 0 bridgehead atoms. The highest BCUT2D eigenvalue weighted by molar-refractivity contribution is 7.90. The average Bonchev–Trinajstić information content (AvgIpc) is 1.87. The second kappa shape index (κ2) is 3.82. The molecule has 0 amide bonds. The molecule has 0 aromatic carbocycles. The summed E-state index contributed by atoms with van der Waals surface area (Å²) in [6, 6.07) is 0. The molecule has 66 valence electrons. The summed E-state index contributed by atoms with van der Waals surface area (Å²) in [5.74, 6) is -0.904. The Bertz CT molecular complexity index is 230. The molecule has 0 spiro atoms. The predicted molar refractivity (Wildman–Crippen MR) is 42.7 cm³/mol. The number of Topliss-reactive ketones (excluding diaryl/α,β-unsaturated/α-hetero) is 1. The lowest BCUT2D eigenvalue weighted by molar-refractivity contribution is -0.119. The van der Waals surface area contributed by atoms with Gasteiger partial charge in [0.1, 0.15) is 5.75 Å². The highest BCUT2D eigenvalue weighted by Gasteiger charge is 2.16. The van der Waals surface area contributed by atoms with Crippen molar-refractivity contribution in [2.45, 2.75) is 13.8 Å². The lowest BCUT2D eigenvalue weighted by Crippen LogP contribution is -2.28. The predicted octanol–water partition coefficient (Wildman–Crippen LogP) is -0.239. The Morgan fingerprint density at radius 3 is 2.18 bits per heavy atom. The molecular weight excluding hydrogens is 166 g/mol. The molecule has 0 fully saturated rings. The van der Waals surface area contributed by atoms with Gasteiger partial charge in [-0.3, -0.25) is 4.79 Å². The third-order valence-corrected chi connectivity index (χ3v) is 2.57. The van der Waals surface area contributed by atoms with Crippen molar-refractivity contribution < 1.29 is 13.2 Å². The number of hydrogen-bond acceptors (Lipinski definition) is 3. The van der Waals surface area contributed by atoms with Gasteiger partial charge in [0, 0.05) is 5.92 Å². The van der Waals surface area contributed by atoms with Crippen molar-refractivity contribution in [2.75, 3.05) is 12.8 Å². The minimum Gasteiger partial charge on any atom is -0.298 e. The van der Waals surface area contributed by atoms with Gasteiger partial charge >= 0.3 is 0 Å². The van der Waals surface area contributed by atoms with Gasteiger partial charge in [-0.05, 0) is 7.05 Å². The van der Waals surface area contributed by atoms with Crippen LogP contribution in [0.2, 0.25) is 0 Å². The fourth-order valence-corrected chi connectivity index (χ4v) is 1.28. The molecule has 11 heavy (non-hydrogen) atoms. The standard InChI is InChI=1S/C6H13NO3S/c1-5(2)6(8)4-11(9,10)7-3/h5,7H,4H2,1-3H3. The average molecular weight is 179 g/mol. The van der Waals surface area contributed by atoms with Crippen molar-refractivity contribution in [3.8, 4) is 0 Å². The summed E-state index contributed by atoms with van der Waals surface area (Å²) in [6.45, 7) is 3.35. The Hall–Kier alpha value is -0.420. The minimum atomic E-state index is -3.36. The molecule has 0 rings (SSSR count). The molecule has 0 aromatic heterocycles. The second-order valence-corrected chi connectivity index (χ2v) is 4.51. The van der Waals surface area contributed by atoms with Crippen LogP contribution < -0.4 is 4.72 Å². The molecule has 0 aliphatic rings. The zero-order chi connectivity index (χ0) is 9.07. The van der Waals surface area contributed by atoms with Crippen LogP contribution in [0.4, 0.5) is 0 Å². The van der Waals surface area contributed by atoms with Crippen LogP contribution in [0.5, 0.6) is 0 Å². The Balaban J connectivity index is 4.17. The zero-order valence-electron chi connectivity index (χ0n) is 6.92. The van der Waals surface area contributed by atoms with E-state index in [1.807, 2.05) is 0 Å². The van der Waals surface area contributed by atoms with Gasteiger partial charge in [0.05, 0.1) is 0 Å².